The van der Waals surface area contributed by atoms with Crippen LogP contribution in [0, 0.1) is 6.92 Å². The van der Waals surface area contributed by atoms with Crippen molar-refractivity contribution in [2.24, 2.45) is 0 Å². The second-order valence-electron chi connectivity index (χ2n) is 5.64. The largest absolute Gasteiger partial charge is 0.312 e. The Morgan fingerprint density at radius 3 is 3.12 bits per heavy atom. The molecular formula is C15H17N5OS3. The standard InChI is InChI=1S/C15H17N5OS3/c1-9-18-19-15(23-9)22-6-2-5-20-8-17-13-12(14(20)21)10-3-4-16-7-11(10)24-13/h8,16H,2-7H2,1H3. The summed E-state index contributed by atoms with van der Waals surface area (Å²) in [6.07, 6.45) is 3.52. The van der Waals surface area contributed by atoms with Crippen molar-refractivity contribution in [3.63, 3.8) is 0 Å². The topological polar surface area (TPSA) is 72.7 Å². The van der Waals surface area contributed by atoms with Gasteiger partial charge in [0.05, 0.1) is 11.7 Å². The van der Waals surface area contributed by atoms with Crippen molar-refractivity contribution in [3.8, 4) is 0 Å². The number of thioether (sulfide) groups is 1. The molecule has 4 heterocycles. The van der Waals surface area contributed by atoms with E-state index in [9.17, 15) is 4.79 Å². The van der Waals surface area contributed by atoms with Crippen LogP contribution in [0.25, 0.3) is 10.2 Å². The second kappa shape index (κ2) is 6.91. The van der Waals surface area contributed by atoms with Gasteiger partial charge in [0.1, 0.15) is 9.84 Å². The zero-order chi connectivity index (χ0) is 16.5. The van der Waals surface area contributed by atoms with Gasteiger partial charge in [-0.2, -0.15) is 0 Å². The fourth-order valence-corrected chi connectivity index (χ4v) is 5.80. The highest BCUT2D eigenvalue weighted by molar-refractivity contribution is 8.01. The molecule has 0 aromatic carbocycles. The summed E-state index contributed by atoms with van der Waals surface area (Å²) in [5, 5.41) is 13.3. The van der Waals surface area contributed by atoms with Crippen molar-refractivity contribution in [2.75, 3.05) is 12.3 Å². The lowest BCUT2D eigenvalue weighted by Gasteiger charge is -2.12. The van der Waals surface area contributed by atoms with E-state index in [1.807, 2.05) is 6.92 Å². The van der Waals surface area contributed by atoms with E-state index in [2.05, 4.69) is 20.5 Å². The fraction of sp³-hybridized carbons (Fsp3) is 0.467. The van der Waals surface area contributed by atoms with Gasteiger partial charge in [-0.05, 0) is 31.9 Å². The molecule has 126 valence electrons. The third-order valence-electron chi connectivity index (χ3n) is 3.97. The molecular weight excluding hydrogens is 362 g/mol. The first kappa shape index (κ1) is 16.2. The molecule has 1 N–H and O–H groups in total. The summed E-state index contributed by atoms with van der Waals surface area (Å²) in [6, 6.07) is 0. The highest BCUT2D eigenvalue weighted by Gasteiger charge is 2.19. The van der Waals surface area contributed by atoms with E-state index in [1.165, 1.54) is 10.4 Å². The highest BCUT2D eigenvalue weighted by Crippen LogP contribution is 2.29. The molecule has 4 rings (SSSR count). The molecule has 3 aromatic rings. The third kappa shape index (κ3) is 3.13. The van der Waals surface area contributed by atoms with Gasteiger partial charge >= 0.3 is 0 Å². The molecule has 1 aliphatic heterocycles. The van der Waals surface area contributed by atoms with Crippen LogP contribution in [0.5, 0.6) is 0 Å². The van der Waals surface area contributed by atoms with Gasteiger partial charge in [-0.25, -0.2) is 4.98 Å². The Morgan fingerprint density at radius 1 is 1.38 bits per heavy atom. The van der Waals surface area contributed by atoms with Gasteiger partial charge in [0.2, 0.25) is 0 Å². The van der Waals surface area contributed by atoms with Crippen molar-refractivity contribution in [1.82, 2.24) is 25.1 Å². The van der Waals surface area contributed by atoms with Crippen molar-refractivity contribution in [3.05, 3.63) is 32.1 Å². The number of thiophene rings is 1. The summed E-state index contributed by atoms with van der Waals surface area (Å²) in [4.78, 5) is 19.5. The zero-order valence-electron chi connectivity index (χ0n) is 13.2. The summed E-state index contributed by atoms with van der Waals surface area (Å²) in [6.45, 7) is 4.44. The second-order valence-corrected chi connectivity index (χ2v) is 9.25. The lowest BCUT2D eigenvalue weighted by Crippen LogP contribution is -2.25. The molecule has 0 unspecified atom stereocenters. The lowest BCUT2D eigenvalue weighted by molar-refractivity contribution is 0.645. The predicted molar refractivity (Wildman–Crippen MR) is 99.3 cm³/mol. The molecule has 0 fully saturated rings. The van der Waals surface area contributed by atoms with Crippen LogP contribution < -0.4 is 10.9 Å². The van der Waals surface area contributed by atoms with Crippen LogP contribution in [0.4, 0.5) is 0 Å². The van der Waals surface area contributed by atoms with E-state index in [0.29, 0.717) is 6.54 Å². The van der Waals surface area contributed by atoms with Gasteiger partial charge in [-0.15, -0.1) is 21.5 Å². The Labute approximate surface area is 151 Å². The summed E-state index contributed by atoms with van der Waals surface area (Å²) < 4.78 is 2.75. The van der Waals surface area contributed by atoms with E-state index >= 15 is 0 Å². The Balaban J connectivity index is 1.48. The van der Waals surface area contributed by atoms with E-state index in [1.54, 1.807) is 45.3 Å². The van der Waals surface area contributed by atoms with E-state index in [0.717, 1.165) is 51.2 Å². The van der Waals surface area contributed by atoms with Crippen LogP contribution in [-0.2, 0) is 19.5 Å². The number of nitrogens with one attached hydrogen (secondary N) is 1. The molecule has 0 saturated heterocycles. The normalized spacial score (nSPS) is 14.2. The summed E-state index contributed by atoms with van der Waals surface area (Å²) in [7, 11) is 0. The van der Waals surface area contributed by atoms with Gasteiger partial charge in [0.15, 0.2) is 4.34 Å². The van der Waals surface area contributed by atoms with Crippen LogP contribution in [0.3, 0.4) is 0 Å². The first-order valence-electron chi connectivity index (χ1n) is 7.85. The molecule has 1 aliphatic rings. The van der Waals surface area contributed by atoms with Gasteiger partial charge in [-0.3, -0.25) is 9.36 Å². The minimum atomic E-state index is 0.108. The molecule has 0 aliphatic carbocycles. The molecule has 0 atom stereocenters. The Kier molecular flexibility index (Phi) is 4.66. The van der Waals surface area contributed by atoms with Gasteiger partial charge in [-0.1, -0.05) is 23.1 Å². The van der Waals surface area contributed by atoms with Crippen LogP contribution in [-0.4, -0.2) is 32.0 Å². The van der Waals surface area contributed by atoms with Gasteiger partial charge < -0.3 is 5.32 Å². The maximum absolute atomic E-state index is 12.8. The van der Waals surface area contributed by atoms with Crippen molar-refractivity contribution in [1.29, 1.82) is 0 Å². The van der Waals surface area contributed by atoms with Gasteiger partial charge in [0, 0.05) is 23.7 Å². The number of fused-ring (bicyclic) bond motifs is 3. The number of rotatable bonds is 5. The number of aryl methyl sites for hydroxylation is 2. The predicted octanol–water partition coefficient (Wildman–Crippen LogP) is 2.45. The Hall–Kier alpha value is -1.29. The number of hydrogen-bond donors (Lipinski definition) is 1. The van der Waals surface area contributed by atoms with E-state index in [4.69, 9.17) is 0 Å². The Bertz CT molecular complexity index is 929. The first-order chi connectivity index (χ1) is 11.7. The molecule has 9 heteroatoms. The number of aromatic nitrogens is 4. The third-order valence-corrected chi connectivity index (χ3v) is 7.17. The zero-order valence-corrected chi connectivity index (χ0v) is 15.7. The average Bonchev–Trinajstić information content (AvgIpc) is 3.16. The summed E-state index contributed by atoms with van der Waals surface area (Å²) in [5.74, 6) is 0.921. The molecule has 3 aromatic heterocycles. The lowest BCUT2D eigenvalue weighted by atomic mass is 10.1. The van der Waals surface area contributed by atoms with E-state index in [-0.39, 0.29) is 5.56 Å². The smallest absolute Gasteiger partial charge is 0.262 e. The van der Waals surface area contributed by atoms with Gasteiger partial charge in [0.25, 0.3) is 5.56 Å². The van der Waals surface area contributed by atoms with Crippen LogP contribution >= 0.6 is 34.4 Å². The Morgan fingerprint density at radius 2 is 2.29 bits per heavy atom. The highest BCUT2D eigenvalue weighted by atomic mass is 32.2. The quantitative estimate of drug-likeness (QED) is 0.542. The average molecular weight is 380 g/mol. The molecule has 0 saturated carbocycles. The first-order valence-corrected chi connectivity index (χ1v) is 10.5. The monoisotopic (exact) mass is 379 g/mol. The minimum absolute atomic E-state index is 0.108. The summed E-state index contributed by atoms with van der Waals surface area (Å²) >= 11 is 4.95. The fourth-order valence-electron chi connectivity index (χ4n) is 2.84. The molecule has 0 amide bonds. The maximum atomic E-state index is 12.8. The molecule has 0 bridgehead atoms. The molecule has 24 heavy (non-hydrogen) atoms. The number of hydrogen-bond acceptors (Lipinski definition) is 8. The van der Waals surface area contributed by atoms with Crippen LogP contribution in [0.1, 0.15) is 21.9 Å². The number of nitrogens with zero attached hydrogens (tertiary/aromatic N) is 4. The van der Waals surface area contributed by atoms with E-state index < -0.39 is 0 Å². The van der Waals surface area contributed by atoms with Crippen LogP contribution in [0.2, 0.25) is 0 Å². The molecule has 6 nitrogen and oxygen atoms in total. The van der Waals surface area contributed by atoms with Crippen molar-refractivity contribution < 1.29 is 0 Å². The van der Waals surface area contributed by atoms with Crippen molar-refractivity contribution >= 4 is 44.7 Å². The van der Waals surface area contributed by atoms with Crippen LogP contribution in [0.15, 0.2) is 15.5 Å². The maximum Gasteiger partial charge on any atom is 0.262 e. The molecule has 0 radical (unpaired) electrons. The van der Waals surface area contributed by atoms with Crippen molar-refractivity contribution in [2.45, 2.75) is 37.2 Å². The molecule has 0 spiro atoms. The minimum Gasteiger partial charge on any atom is -0.312 e. The summed E-state index contributed by atoms with van der Waals surface area (Å²) in [5.41, 5.74) is 1.32. The SMILES string of the molecule is Cc1nnc(SCCCn2cnc3sc4c(c3c2=O)CCNC4)s1.